The summed E-state index contributed by atoms with van der Waals surface area (Å²) >= 11 is 0. The highest BCUT2D eigenvalue weighted by Gasteiger charge is 2.05. The van der Waals surface area contributed by atoms with Crippen LogP contribution in [0.2, 0.25) is 0 Å². The van der Waals surface area contributed by atoms with Crippen molar-refractivity contribution < 1.29 is 4.74 Å². The molecule has 0 saturated heterocycles. The first-order valence-corrected chi connectivity index (χ1v) is 6.11. The molecule has 0 saturated carbocycles. The molecule has 2 aromatic rings. The minimum atomic E-state index is 0.478. The fourth-order valence-electron chi connectivity index (χ4n) is 1.88. The molecule has 0 aliphatic carbocycles. The maximum atomic E-state index is 5.14. The lowest BCUT2D eigenvalue weighted by molar-refractivity contribution is 0.164. The van der Waals surface area contributed by atoms with Crippen molar-refractivity contribution in [3.8, 4) is 5.69 Å². The van der Waals surface area contributed by atoms with Gasteiger partial charge in [0, 0.05) is 26.0 Å². The Hall–Kier alpha value is -1.81. The van der Waals surface area contributed by atoms with Crippen molar-refractivity contribution in [2.45, 2.75) is 6.92 Å². The van der Waals surface area contributed by atoms with Crippen molar-refractivity contribution >= 4 is 5.69 Å². The number of aromatic nitrogens is 2. The number of hydrogen-bond donors (Lipinski definition) is 1. The molecule has 1 aromatic carbocycles. The maximum Gasteiger partial charge on any atom is 0.0992 e. The third kappa shape index (κ3) is 3.11. The second kappa shape index (κ2) is 6.21. The predicted octanol–water partition coefficient (Wildman–Crippen LogP) is 2.57. The second-order valence-corrected chi connectivity index (χ2v) is 4.43. The molecule has 2 rings (SSSR count). The third-order valence-corrected chi connectivity index (χ3v) is 2.78. The van der Waals surface area contributed by atoms with Gasteiger partial charge < -0.3 is 14.6 Å². The zero-order valence-corrected chi connectivity index (χ0v) is 10.8. The Bertz CT molecular complexity index is 468. The predicted molar refractivity (Wildman–Crippen MR) is 73.1 cm³/mol. The van der Waals surface area contributed by atoms with Crippen molar-refractivity contribution in [1.29, 1.82) is 0 Å². The molecule has 1 aromatic heterocycles. The number of nitrogens with zero attached hydrogens (tertiary/aromatic N) is 2. The molecule has 1 atom stereocenters. The molecule has 1 heterocycles. The summed E-state index contributed by atoms with van der Waals surface area (Å²) in [4.78, 5) is 4.08. The molecule has 4 nitrogen and oxygen atoms in total. The number of nitrogens with one attached hydrogen (secondary N) is 1. The van der Waals surface area contributed by atoms with Gasteiger partial charge in [0.1, 0.15) is 0 Å². The Morgan fingerprint density at radius 2 is 2.22 bits per heavy atom. The molecule has 96 valence electrons. The van der Waals surface area contributed by atoms with Crippen LogP contribution in [0.5, 0.6) is 0 Å². The zero-order chi connectivity index (χ0) is 12.8. The summed E-state index contributed by atoms with van der Waals surface area (Å²) in [6, 6.07) is 8.21. The van der Waals surface area contributed by atoms with E-state index < -0.39 is 0 Å². The van der Waals surface area contributed by atoms with E-state index in [2.05, 4.69) is 29.4 Å². The van der Waals surface area contributed by atoms with E-state index in [0.717, 1.165) is 24.5 Å². The Morgan fingerprint density at radius 1 is 1.39 bits per heavy atom. The van der Waals surface area contributed by atoms with Crippen LogP contribution in [0.1, 0.15) is 6.92 Å². The van der Waals surface area contributed by atoms with Crippen molar-refractivity contribution in [1.82, 2.24) is 9.55 Å². The lowest BCUT2D eigenvalue weighted by Crippen LogP contribution is -2.16. The summed E-state index contributed by atoms with van der Waals surface area (Å²) < 4.78 is 7.14. The van der Waals surface area contributed by atoms with E-state index in [-0.39, 0.29) is 0 Å². The molecule has 1 N–H and O–H groups in total. The molecule has 0 aliphatic heterocycles. The Labute approximate surface area is 108 Å². The largest absolute Gasteiger partial charge is 0.384 e. The summed E-state index contributed by atoms with van der Waals surface area (Å²) in [7, 11) is 1.73. The minimum absolute atomic E-state index is 0.478. The van der Waals surface area contributed by atoms with E-state index in [1.54, 1.807) is 19.6 Å². The van der Waals surface area contributed by atoms with Crippen LogP contribution in [0, 0.1) is 5.92 Å². The molecule has 1 unspecified atom stereocenters. The number of imidazole rings is 1. The number of benzene rings is 1. The first-order chi connectivity index (χ1) is 8.81. The monoisotopic (exact) mass is 245 g/mol. The van der Waals surface area contributed by atoms with Crippen LogP contribution in [-0.2, 0) is 4.74 Å². The summed E-state index contributed by atoms with van der Waals surface area (Å²) in [5.41, 5.74) is 2.22. The highest BCUT2D eigenvalue weighted by Crippen LogP contribution is 2.19. The van der Waals surface area contributed by atoms with Crippen LogP contribution in [0.15, 0.2) is 43.0 Å². The highest BCUT2D eigenvalue weighted by molar-refractivity contribution is 5.60. The Kier molecular flexibility index (Phi) is 4.36. The molecular weight excluding hydrogens is 226 g/mol. The fraction of sp³-hybridized carbons (Fsp3) is 0.357. The van der Waals surface area contributed by atoms with Gasteiger partial charge in [-0.05, 0) is 18.1 Å². The van der Waals surface area contributed by atoms with Crippen LogP contribution in [0.3, 0.4) is 0 Å². The first kappa shape index (κ1) is 12.6. The summed E-state index contributed by atoms with van der Waals surface area (Å²) in [5.74, 6) is 0.478. The number of para-hydroxylation sites is 2. The quantitative estimate of drug-likeness (QED) is 0.850. The van der Waals surface area contributed by atoms with E-state index in [4.69, 9.17) is 4.74 Å². The normalized spacial score (nSPS) is 12.3. The Morgan fingerprint density at radius 3 is 2.94 bits per heavy atom. The van der Waals surface area contributed by atoms with Crippen LogP contribution >= 0.6 is 0 Å². The highest BCUT2D eigenvalue weighted by atomic mass is 16.5. The molecular formula is C14H19N3O. The van der Waals surface area contributed by atoms with Gasteiger partial charge in [0.25, 0.3) is 0 Å². The van der Waals surface area contributed by atoms with Gasteiger partial charge in [0.05, 0.1) is 24.3 Å². The first-order valence-electron chi connectivity index (χ1n) is 6.11. The molecule has 4 heteroatoms. The molecule has 0 fully saturated rings. The number of hydrogen-bond acceptors (Lipinski definition) is 3. The molecule has 0 amide bonds. The summed E-state index contributed by atoms with van der Waals surface area (Å²) in [5, 5.41) is 3.46. The average molecular weight is 245 g/mol. The number of rotatable bonds is 6. The lowest BCUT2D eigenvalue weighted by Gasteiger charge is -2.15. The molecule has 0 aliphatic rings. The number of methoxy groups -OCH3 is 1. The Balaban J connectivity index is 2.09. The molecule has 0 bridgehead atoms. The van der Waals surface area contributed by atoms with Crippen LogP contribution < -0.4 is 5.32 Å². The van der Waals surface area contributed by atoms with Crippen molar-refractivity contribution in [3.63, 3.8) is 0 Å². The second-order valence-electron chi connectivity index (χ2n) is 4.43. The summed E-state index contributed by atoms with van der Waals surface area (Å²) in [6.45, 7) is 3.82. The van der Waals surface area contributed by atoms with Crippen molar-refractivity contribution in [2.75, 3.05) is 25.6 Å². The van der Waals surface area contributed by atoms with E-state index in [1.165, 1.54) is 0 Å². The molecule has 0 spiro atoms. The van der Waals surface area contributed by atoms with Gasteiger partial charge in [-0.2, -0.15) is 0 Å². The molecule has 0 radical (unpaired) electrons. The summed E-state index contributed by atoms with van der Waals surface area (Å²) in [6.07, 6.45) is 5.53. The van der Waals surface area contributed by atoms with Crippen molar-refractivity contribution in [2.24, 2.45) is 5.92 Å². The van der Waals surface area contributed by atoms with Gasteiger partial charge in [0.15, 0.2) is 0 Å². The number of anilines is 1. The van der Waals surface area contributed by atoms with Crippen LogP contribution in [0.25, 0.3) is 5.69 Å². The topological polar surface area (TPSA) is 39.1 Å². The minimum Gasteiger partial charge on any atom is -0.384 e. The third-order valence-electron chi connectivity index (χ3n) is 2.78. The fourth-order valence-corrected chi connectivity index (χ4v) is 1.88. The number of ether oxygens (including phenoxy) is 1. The zero-order valence-electron chi connectivity index (χ0n) is 10.8. The van der Waals surface area contributed by atoms with E-state index in [0.29, 0.717) is 5.92 Å². The standard InChI is InChI=1S/C14H19N3O/c1-12(10-18-2)9-16-13-5-3-4-6-14(13)17-8-7-15-11-17/h3-8,11-12,16H,9-10H2,1-2H3. The SMILES string of the molecule is COCC(C)CNc1ccccc1-n1ccnc1. The maximum absolute atomic E-state index is 5.14. The smallest absolute Gasteiger partial charge is 0.0992 e. The van der Waals surface area contributed by atoms with Gasteiger partial charge in [-0.25, -0.2) is 4.98 Å². The van der Waals surface area contributed by atoms with E-state index in [9.17, 15) is 0 Å². The van der Waals surface area contributed by atoms with Crippen molar-refractivity contribution in [3.05, 3.63) is 43.0 Å². The molecule has 18 heavy (non-hydrogen) atoms. The lowest BCUT2D eigenvalue weighted by atomic mass is 10.2. The van der Waals surface area contributed by atoms with E-state index in [1.807, 2.05) is 22.9 Å². The van der Waals surface area contributed by atoms with Gasteiger partial charge in [-0.15, -0.1) is 0 Å². The van der Waals surface area contributed by atoms with Gasteiger partial charge >= 0.3 is 0 Å². The van der Waals surface area contributed by atoms with E-state index >= 15 is 0 Å². The van der Waals surface area contributed by atoms with Gasteiger partial charge in [-0.3, -0.25) is 0 Å². The van der Waals surface area contributed by atoms with Crippen LogP contribution in [0.4, 0.5) is 5.69 Å². The average Bonchev–Trinajstić information content (AvgIpc) is 2.91. The van der Waals surface area contributed by atoms with Crippen LogP contribution in [-0.4, -0.2) is 29.8 Å². The van der Waals surface area contributed by atoms with Gasteiger partial charge in [-0.1, -0.05) is 19.1 Å². The van der Waals surface area contributed by atoms with Gasteiger partial charge in [0.2, 0.25) is 0 Å².